The summed E-state index contributed by atoms with van der Waals surface area (Å²) in [6.07, 6.45) is 3.22. The molecule has 1 atom stereocenters. The minimum atomic E-state index is 0.0247. The molecule has 0 spiro atoms. The Kier molecular flexibility index (Phi) is 3.93. The molecule has 2 N–H and O–H groups in total. The van der Waals surface area contributed by atoms with Crippen molar-refractivity contribution in [3.8, 4) is 0 Å². The van der Waals surface area contributed by atoms with Crippen LogP contribution in [0.3, 0.4) is 0 Å². The first-order valence-corrected chi connectivity index (χ1v) is 5.50. The number of carbonyl (C=O) groups excluding carboxylic acids is 1. The molecule has 1 aliphatic rings. The van der Waals surface area contributed by atoms with E-state index in [0.29, 0.717) is 0 Å². The number of amides is 1. The third kappa shape index (κ3) is 4.09. The normalized spacial score (nSPS) is 24.2. The molecule has 0 aromatic carbocycles. The van der Waals surface area contributed by atoms with Gasteiger partial charge in [0.05, 0.1) is 6.04 Å². The Labute approximate surface area is 86.6 Å². The highest BCUT2D eigenvalue weighted by molar-refractivity contribution is 5.81. The first-order valence-electron chi connectivity index (χ1n) is 5.50. The molecule has 1 rings (SSSR count). The van der Waals surface area contributed by atoms with E-state index < -0.39 is 0 Å². The topological polar surface area (TPSA) is 41.1 Å². The minimum absolute atomic E-state index is 0.0247. The van der Waals surface area contributed by atoms with Gasteiger partial charge in [-0.25, -0.2) is 0 Å². The lowest BCUT2D eigenvalue weighted by molar-refractivity contribution is -0.122. The zero-order valence-corrected chi connectivity index (χ0v) is 9.52. The van der Waals surface area contributed by atoms with Crippen molar-refractivity contribution in [1.29, 1.82) is 0 Å². The highest BCUT2D eigenvalue weighted by Crippen LogP contribution is 2.12. The average Bonchev–Trinajstić information content (AvgIpc) is 2.25. The fourth-order valence-corrected chi connectivity index (χ4v) is 1.56. The van der Waals surface area contributed by atoms with E-state index in [2.05, 4.69) is 31.4 Å². The van der Waals surface area contributed by atoms with Crippen LogP contribution in [-0.2, 0) is 4.79 Å². The van der Waals surface area contributed by atoms with Gasteiger partial charge in [-0.3, -0.25) is 4.79 Å². The van der Waals surface area contributed by atoms with E-state index in [1.807, 2.05) is 0 Å². The van der Waals surface area contributed by atoms with Gasteiger partial charge in [-0.15, -0.1) is 0 Å². The molecule has 14 heavy (non-hydrogen) atoms. The van der Waals surface area contributed by atoms with Gasteiger partial charge in [-0.2, -0.15) is 0 Å². The van der Waals surface area contributed by atoms with E-state index in [1.165, 1.54) is 0 Å². The number of hydrogen-bond acceptors (Lipinski definition) is 2. The molecule has 1 unspecified atom stereocenters. The van der Waals surface area contributed by atoms with Crippen LogP contribution in [-0.4, -0.2) is 25.0 Å². The van der Waals surface area contributed by atoms with E-state index >= 15 is 0 Å². The first-order chi connectivity index (χ1) is 6.49. The summed E-state index contributed by atoms with van der Waals surface area (Å²) in [6, 6.07) is 0.0247. The van der Waals surface area contributed by atoms with Gasteiger partial charge < -0.3 is 10.6 Å². The van der Waals surface area contributed by atoms with Crippen molar-refractivity contribution in [2.45, 2.75) is 46.1 Å². The second-order valence-corrected chi connectivity index (χ2v) is 5.28. The third-order valence-electron chi connectivity index (χ3n) is 2.41. The van der Waals surface area contributed by atoms with Gasteiger partial charge in [-0.05, 0) is 24.7 Å². The van der Waals surface area contributed by atoms with Crippen LogP contribution in [0.25, 0.3) is 0 Å². The van der Waals surface area contributed by atoms with Crippen molar-refractivity contribution in [2.75, 3.05) is 13.1 Å². The lowest BCUT2D eigenvalue weighted by Crippen LogP contribution is -2.45. The van der Waals surface area contributed by atoms with Crippen molar-refractivity contribution in [3.63, 3.8) is 0 Å². The van der Waals surface area contributed by atoms with Crippen molar-refractivity contribution in [3.05, 3.63) is 0 Å². The highest BCUT2D eigenvalue weighted by atomic mass is 16.2. The summed E-state index contributed by atoms with van der Waals surface area (Å²) in [6.45, 7) is 8.26. The Bertz CT molecular complexity index is 196. The SMILES string of the molecule is CC(C)(C)CNC1CCCCNC1=O. The summed E-state index contributed by atoms with van der Waals surface area (Å²) in [7, 11) is 0. The molecule has 82 valence electrons. The van der Waals surface area contributed by atoms with Crippen molar-refractivity contribution < 1.29 is 4.79 Å². The molecule has 0 aromatic heterocycles. The fraction of sp³-hybridized carbons (Fsp3) is 0.909. The Hall–Kier alpha value is -0.570. The smallest absolute Gasteiger partial charge is 0.237 e. The van der Waals surface area contributed by atoms with Crippen molar-refractivity contribution in [1.82, 2.24) is 10.6 Å². The molecular formula is C11H22N2O. The zero-order chi connectivity index (χ0) is 10.6. The summed E-state index contributed by atoms with van der Waals surface area (Å²) in [5, 5.41) is 6.27. The summed E-state index contributed by atoms with van der Waals surface area (Å²) in [4.78, 5) is 11.6. The predicted octanol–water partition coefficient (Wildman–Crippen LogP) is 1.29. The van der Waals surface area contributed by atoms with Crippen LogP contribution in [0.5, 0.6) is 0 Å². The maximum Gasteiger partial charge on any atom is 0.237 e. The largest absolute Gasteiger partial charge is 0.355 e. The van der Waals surface area contributed by atoms with Crippen LogP contribution in [0.1, 0.15) is 40.0 Å². The molecule has 0 bridgehead atoms. The van der Waals surface area contributed by atoms with E-state index in [9.17, 15) is 4.79 Å². The van der Waals surface area contributed by atoms with Gasteiger partial charge in [0.2, 0.25) is 5.91 Å². The number of nitrogens with one attached hydrogen (secondary N) is 2. The zero-order valence-electron chi connectivity index (χ0n) is 9.52. The van der Waals surface area contributed by atoms with Gasteiger partial charge in [0.1, 0.15) is 0 Å². The summed E-state index contributed by atoms with van der Waals surface area (Å²) in [5.41, 5.74) is 0.243. The van der Waals surface area contributed by atoms with Gasteiger partial charge in [0.15, 0.2) is 0 Å². The quantitative estimate of drug-likeness (QED) is 0.702. The van der Waals surface area contributed by atoms with Gasteiger partial charge >= 0.3 is 0 Å². The van der Waals surface area contributed by atoms with E-state index in [4.69, 9.17) is 0 Å². The Morgan fingerprint density at radius 3 is 2.79 bits per heavy atom. The van der Waals surface area contributed by atoms with E-state index in [-0.39, 0.29) is 17.4 Å². The van der Waals surface area contributed by atoms with Crippen LogP contribution >= 0.6 is 0 Å². The molecule has 0 radical (unpaired) electrons. The molecule has 0 aromatic rings. The summed E-state index contributed by atoms with van der Waals surface area (Å²) in [5.74, 6) is 0.173. The molecule has 1 heterocycles. The number of carbonyl (C=O) groups is 1. The lowest BCUT2D eigenvalue weighted by atomic mass is 9.96. The average molecular weight is 198 g/mol. The second kappa shape index (κ2) is 4.78. The van der Waals surface area contributed by atoms with E-state index in [1.54, 1.807) is 0 Å². The summed E-state index contributed by atoms with van der Waals surface area (Å²) < 4.78 is 0. The fourth-order valence-electron chi connectivity index (χ4n) is 1.56. The minimum Gasteiger partial charge on any atom is -0.355 e. The monoisotopic (exact) mass is 198 g/mol. The van der Waals surface area contributed by atoms with Gasteiger partial charge in [0, 0.05) is 13.1 Å². The van der Waals surface area contributed by atoms with Crippen LogP contribution in [0.4, 0.5) is 0 Å². The maximum atomic E-state index is 11.6. The van der Waals surface area contributed by atoms with Gasteiger partial charge in [-0.1, -0.05) is 20.8 Å². The molecule has 1 amide bonds. The van der Waals surface area contributed by atoms with Crippen molar-refractivity contribution in [2.24, 2.45) is 5.41 Å². The Morgan fingerprint density at radius 1 is 1.43 bits per heavy atom. The van der Waals surface area contributed by atoms with Crippen LogP contribution in [0, 0.1) is 5.41 Å². The van der Waals surface area contributed by atoms with Crippen LogP contribution in [0.15, 0.2) is 0 Å². The Balaban J connectivity index is 2.37. The molecule has 1 fully saturated rings. The first kappa shape index (κ1) is 11.5. The van der Waals surface area contributed by atoms with Crippen molar-refractivity contribution >= 4 is 5.91 Å². The van der Waals surface area contributed by atoms with Crippen LogP contribution < -0.4 is 10.6 Å². The molecule has 0 saturated carbocycles. The lowest BCUT2D eigenvalue weighted by Gasteiger charge is -2.23. The number of rotatable bonds is 2. The molecule has 1 aliphatic heterocycles. The molecule has 0 aliphatic carbocycles. The molecule has 1 saturated heterocycles. The maximum absolute atomic E-state index is 11.6. The summed E-state index contributed by atoms with van der Waals surface area (Å²) >= 11 is 0. The molecule has 3 nitrogen and oxygen atoms in total. The predicted molar refractivity (Wildman–Crippen MR) is 58.1 cm³/mol. The third-order valence-corrected chi connectivity index (χ3v) is 2.41. The number of hydrogen-bond donors (Lipinski definition) is 2. The van der Waals surface area contributed by atoms with Gasteiger partial charge in [0.25, 0.3) is 0 Å². The molecular weight excluding hydrogens is 176 g/mol. The molecule has 3 heteroatoms. The van der Waals surface area contributed by atoms with Crippen LogP contribution in [0.2, 0.25) is 0 Å². The standard InChI is InChI=1S/C11H22N2O/c1-11(2,3)8-13-9-6-4-5-7-12-10(9)14/h9,13H,4-8H2,1-3H3,(H,12,14). The van der Waals surface area contributed by atoms with E-state index in [0.717, 1.165) is 32.4 Å². The highest BCUT2D eigenvalue weighted by Gasteiger charge is 2.21. The second-order valence-electron chi connectivity index (χ2n) is 5.28. The Morgan fingerprint density at radius 2 is 2.14 bits per heavy atom.